The van der Waals surface area contributed by atoms with Crippen molar-refractivity contribution in [3.63, 3.8) is 0 Å². The Morgan fingerprint density at radius 1 is 1.11 bits per heavy atom. The Morgan fingerprint density at radius 3 is 2.32 bits per heavy atom. The second kappa shape index (κ2) is 16.9. The summed E-state index contributed by atoms with van der Waals surface area (Å²) in [6.07, 6.45) is 6.01. The van der Waals surface area contributed by atoms with Crippen molar-refractivity contribution in [2.45, 2.75) is 46.1 Å². The number of allylic oxidation sites excluding steroid dienone is 1. The Kier molecular flexibility index (Phi) is 13.9. The van der Waals surface area contributed by atoms with Crippen LogP contribution in [0, 0.1) is 5.92 Å². The lowest BCUT2D eigenvalue weighted by Crippen LogP contribution is -2.37. The second-order valence-corrected chi connectivity index (χ2v) is 10.7. The Balaban J connectivity index is 0.000000247. The number of nitrogens with zero attached hydrogens (tertiary/aromatic N) is 2. The molecule has 2 aromatic rings. The lowest BCUT2D eigenvalue weighted by atomic mass is 10.0. The van der Waals surface area contributed by atoms with E-state index in [1.165, 1.54) is 25.7 Å². The first-order chi connectivity index (χ1) is 18.0. The number of carbonyl (C=O) groups excluding carboxylic acids is 1. The molecule has 1 aliphatic carbocycles. The van der Waals surface area contributed by atoms with E-state index in [1.54, 1.807) is 0 Å². The highest BCUT2D eigenvalue weighted by Crippen LogP contribution is 2.29. The zero-order valence-electron chi connectivity index (χ0n) is 23.0. The van der Waals surface area contributed by atoms with Crippen molar-refractivity contribution in [3.8, 4) is 0 Å². The molecule has 37 heavy (non-hydrogen) atoms. The molecule has 0 unspecified atom stereocenters. The maximum Gasteiger partial charge on any atom is 0.150 e. The van der Waals surface area contributed by atoms with Crippen molar-refractivity contribution < 1.29 is 9.00 Å². The largest absolute Gasteiger partial charge is 0.388 e. The van der Waals surface area contributed by atoms with Gasteiger partial charge in [-0.15, -0.1) is 0 Å². The highest BCUT2D eigenvalue weighted by atomic mass is 32.2. The third-order valence-corrected chi connectivity index (χ3v) is 7.84. The second-order valence-electron chi connectivity index (χ2n) is 9.02. The SMILES string of the molecule is C=C(NC(=NC)c1ccc(NC)cc1)C1CCCC1.CC.O=Cc1cccc(CN2CCS(=O)CC2)c1. The van der Waals surface area contributed by atoms with Gasteiger partial charge in [-0.25, -0.2) is 0 Å². The van der Waals surface area contributed by atoms with E-state index in [0.29, 0.717) is 5.92 Å². The summed E-state index contributed by atoms with van der Waals surface area (Å²) in [6.45, 7) is 10.8. The fraction of sp³-hybridized carbons (Fsp3) is 0.467. The molecule has 0 aromatic heterocycles. The Morgan fingerprint density at radius 2 is 1.76 bits per heavy atom. The summed E-state index contributed by atoms with van der Waals surface area (Å²) in [5, 5.41) is 6.52. The van der Waals surface area contributed by atoms with Crippen LogP contribution in [-0.4, -0.2) is 59.9 Å². The van der Waals surface area contributed by atoms with Crippen LogP contribution in [0.4, 0.5) is 5.69 Å². The predicted molar refractivity (Wildman–Crippen MR) is 159 cm³/mol. The van der Waals surface area contributed by atoms with Gasteiger partial charge in [0.2, 0.25) is 0 Å². The standard InChI is InChI=1S/C16H23N3.C12H15NO2S.C2H6/c1-12(13-6-4-5-7-13)19-16(18-3)14-8-10-15(17-2)11-9-14;14-10-12-3-1-2-11(8-12)9-13-4-6-16(15)7-5-13;1-2/h8-11,13,17H,1,4-7H2,2-3H3,(H,18,19);1-3,8,10H,4-7,9H2;1-2H3. The first kappa shape index (κ1) is 30.5. The third kappa shape index (κ3) is 10.3. The number of aldehydes is 1. The van der Waals surface area contributed by atoms with Crippen LogP contribution in [0.2, 0.25) is 0 Å². The van der Waals surface area contributed by atoms with Gasteiger partial charge < -0.3 is 10.6 Å². The molecule has 2 N–H and O–H groups in total. The average molecular weight is 525 g/mol. The van der Waals surface area contributed by atoms with E-state index < -0.39 is 10.8 Å². The van der Waals surface area contributed by atoms with Crippen molar-refractivity contribution in [1.29, 1.82) is 0 Å². The zero-order valence-corrected chi connectivity index (χ0v) is 23.8. The minimum absolute atomic E-state index is 0.605. The van der Waals surface area contributed by atoms with Crippen LogP contribution < -0.4 is 10.6 Å². The van der Waals surface area contributed by atoms with E-state index in [4.69, 9.17) is 0 Å². The molecular formula is C30H44N4O2S. The molecule has 202 valence electrons. The highest BCUT2D eigenvalue weighted by molar-refractivity contribution is 7.85. The minimum atomic E-state index is -0.623. The van der Waals surface area contributed by atoms with Crippen molar-refractivity contribution in [3.05, 3.63) is 77.5 Å². The molecule has 0 radical (unpaired) electrons. The molecule has 0 spiro atoms. The Labute approximate surface area is 226 Å². The van der Waals surface area contributed by atoms with Gasteiger partial charge in [-0.05, 0) is 54.7 Å². The molecule has 1 heterocycles. The molecule has 6 nitrogen and oxygen atoms in total. The fourth-order valence-corrected chi connectivity index (χ4v) is 5.56. The molecule has 1 saturated carbocycles. The van der Waals surface area contributed by atoms with Gasteiger partial charge in [0.05, 0.1) is 0 Å². The van der Waals surface area contributed by atoms with E-state index in [1.807, 2.05) is 52.2 Å². The van der Waals surface area contributed by atoms with Crippen LogP contribution in [0.25, 0.3) is 0 Å². The summed E-state index contributed by atoms with van der Waals surface area (Å²) >= 11 is 0. The Hall–Kier alpha value is -2.77. The quantitative estimate of drug-likeness (QED) is 0.285. The van der Waals surface area contributed by atoms with Crippen LogP contribution in [0.1, 0.15) is 61.0 Å². The minimum Gasteiger partial charge on any atom is -0.388 e. The molecule has 4 rings (SSSR count). The first-order valence-corrected chi connectivity index (χ1v) is 14.8. The number of nitrogens with one attached hydrogen (secondary N) is 2. The van der Waals surface area contributed by atoms with Gasteiger partial charge in [0.15, 0.2) is 0 Å². The molecule has 7 heteroatoms. The zero-order chi connectivity index (χ0) is 27.0. The first-order valence-electron chi connectivity index (χ1n) is 13.3. The molecule has 1 aliphatic heterocycles. The van der Waals surface area contributed by atoms with Gasteiger partial charge in [0, 0.05) is 78.5 Å². The number of anilines is 1. The monoisotopic (exact) mass is 524 g/mol. The number of aliphatic imine (C=N–C) groups is 1. The van der Waals surface area contributed by atoms with Gasteiger partial charge in [0.25, 0.3) is 0 Å². The summed E-state index contributed by atoms with van der Waals surface area (Å²) < 4.78 is 11.2. The van der Waals surface area contributed by atoms with Gasteiger partial charge in [-0.2, -0.15) is 0 Å². The van der Waals surface area contributed by atoms with Crippen molar-refractivity contribution >= 4 is 28.6 Å². The summed E-state index contributed by atoms with van der Waals surface area (Å²) in [5.41, 5.74) is 5.18. The topological polar surface area (TPSA) is 73.8 Å². The number of benzene rings is 2. The number of hydrogen-bond donors (Lipinski definition) is 2. The number of carbonyl (C=O) groups is 1. The smallest absolute Gasteiger partial charge is 0.150 e. The van der Waals surface area contributed by atoms with Gasteiger partial charge in [-0.1, -0.05) is 51.5 Å². The van der Waals surface area contributed by atoms with E-state index in [0.717, 1.165) is 71.3 Å². The molecule has 0 amide bonds. The predicted octanol–water partition coefficient (Wildman–Crippen LogP) is 5.49. The molecule has 2 aromatic carbocycles. The van der Waals surface area contributed by atoms with Gasteiger partial charge >= 0.3 is 0 Å². The maximum absolute atomic E-state index is 11.2. The summed E-state index contributed by atoms with van der Waals surface area (Å²) in [4.78, 5) is 17.3. The highest BCUT2D eigenvalue weighted by Gasteiger charge is 2.19. The van der Waals surface area contributed by atoms with E-state index >= 15 is 0 Å². The number of amidine groups is 1. The molecule has 0 bridgehead atoms. The van der Waals surface area contributed by atoms with Gasteiger partial charge in [0.1, 0.15) is 12.1 Å². The van der Waals surface area contributed by atoms with Crippen LogP contribution in [0.5, 0.6) is 0 Å². The van der Waals surface area contributed by atoms with Crippen molar-refractivity contribution in [2.24, 2.45) is 10.9 Å². The number of hydrogen-bond acceptors (Lipinski definition) is 5. The van der Waals surface area contributed by atoms with Crippen LogP contribution in [0.15, 0.2) is 65.8 Å². The molecule has 2 fully saturated rings. The molecule has 1 saturated heterocycles. The van der Waals surface area contributed by atoms with Crippen molar-refractivity contribution in [1.82, 2.24) is 10.2 Å². The maximum atomic E-state index is 11.2. The van der Waals surface area contributed by atoms with Gasteiger partial charge in [-0.3, -0.25) is 18.9 Å². The Bertz CT molecular complexity index is 1020. The van der Waals surface area contributed by atoms with Crippen LogP contribution >= 0.6 is 0 Å². The molecule has 0 atom stereocenters. The van der Waals surface area contributed by atoms with Crippen LogP contribution in [0.3, 0.4) is 0 Å². The normalized spacial score (nSPS) is 16.6. The average Bonchev–Trinajstić information content (AvgIpc) is 3.50. The molecule has 2 aliphatic rings. The fourth-order valence-electron chi connectivity index (χ4n) is 4.44. The molecular weight excluding hydrogens is 480 g/mol. The summed E-state index contributed by atoms with van der Waals surface area (Å²) in [6, 6.07) is 15.9. The third-order valence-electron chi connectivity index (χ3n) is 6.56. The summed E-state index contributed by atoms with van der Waals surface area (Å²) in [7, 11) is 3.11. The van der Waals surface area contributed by atoms with E-state index in [-0.39, 0.29) is 0 Å². The summed E-state index contributed by atoms with van der Waals surface area (Å²) in [5.74, 6) is 3.05. The lowest BCUT2D eigenvalue weighted by Gasteiger charge is -2.26. The van der Waals surface area contributed by atoms with Crippen LogP contribution in [-0.2, 0) is 17.3 Å². The van der Waals surface area contributed by atoms with Crippen molar-refractivity contribution in [2.75, 3.05) is 44.0 Å². The lowest BCUT2D eigenvalue weighted by molar-refractivity contribution is 0.112. The van der Waals surface area contributed by atoms with E-state index in [9.17, 15) is 9.00 Å². The number of rotatable bonds is 7. The van der Waals surface area contributed by atoms with E-state index in [2.05, 4.69) is 51.4 Å².